The van der Waals surface area contributed by atoms with Gasteiger partial charge in [-0.2, -0.15) is 0 Å². The van der Waals surface area contributed by atoms with E-state index in [-0.39, 0.29) is 11.8 Å². The Kier molecular flexibility index (Phi) is 4.28. The van der Waals surface area contributed by atoms with E-state index in [0.717, 1.165) is 33.7 Å². The van der Waals surface area contributed by atoms with Gasteiger partial charge in [0.15, 0.2) is 0 Å². The van der Waals surface area contributed by atoms with Gasteiger partial charge in [0.2, 0.25) is 5.91 Å². The van der Waals surface area contributed by atoms with Crippen molar-refractivity contribution in [3.05, 3.63) is 96.1 Å². The number of hydrogen-bond acceptors (Lipinski definition) is 2. The molecule has 0 unspecified atom stereocenters. The molecule has 1 aliphatic carbocycles. The van der Waals surface area contributed by atoms with Crippen molar-refractivity contribution in [2.75, 3.05) is 12.4 Å². The molecule has 3 nitrogen and oxygen atoms in total. The number of hydrogen-bond donors (Lipinski definition) is 1. The fraction of sp³-hybridized carbons (Fsp3) is 0.0870. The molecule has 26 heavy (non-hydrogen) atoms. The Labute approximate surface area is 152 Å². The Morgan fingerprint density at radius 2 is 1.38 bits per heavy atom. The summed E-state index contributed by atoms with van der Waals surface area (Å²) in [6, 6.07) is 27.6. The summed E-state index contributed by atoms with van der Waals surface area (Å²) >= 11 is 0. The molecule has 0 aromatic heterocycles. The Balaban J connectivity index is 1.62. The highest BCUT2D eigenvalue weighted by Crippen LogP contribution is 2.53. The van der Waals surface area contributed by atoms with Gasteiger partial charge in [0.1, 0.15) is 5.75 Å². The van der Waals surface area contributed by atoms with Gasteiger partial charge in [0.25, 0.3) is 0 Å². The second kappa shape index (κ2) is 6.89. The molecule has 0 heterocycles. The van der Waals surface area contributed by atoms with Gasteiger partial charge < -0.3 is 10.1 Å². The topological polar surface area (TPSA) is 38.3 Å². The van der Waals surface area contributed by atoms with Crippen LogP contribution in [0.25, 0.3) is 11.1 Å². The lowest BCUT2D eigenvalue weighted by atomic mass is 10.1. The van der Waals surface area contributed by atoms with Gasteiger partial charge in [0, 0.05) is 11.8 Å². The number of amides is 1. The van der Waals surface area contributed by atoms with Crippen LogP contribution in [0.4, 0.5) is 5.69 Å². The molecule has 1 aliphatic rings. The summed E-state index contributed by atoms with van der Waals surface area (Å²) in [4.78, 5) is 12.9. The zero-order chi connectivity index (χ0) is 17.9. The first-order valence-corrected chi connectivity index (χ1v) is 8.58. The van der Waals surface area contributed by atoms with Crippen molar-refractivity contribution in [1.29, 1.82) is 0 Å². The molecule has 0 saturated carbocycles. The van der Waals surface area contributed by atoms with Gasteiger partial charge in [-0.05, 0) is 34.4 Å². The third-order valence-electron chi connectivity index (χ3n) is 4.55. The predicted molar refractivity (Wildman–Crippen MR) is 105 cm³/mol. The van der Waals surface area contributed by atoms with Crippen LogP contribution >= 0.6 is 0 Å². The Hall–Kier alpha value is -3.33. The molecule has 3 heteroatoms. The maximum atomic E-state index is 12.9. The van der Waals surface area contributed by atoms with E-state index in [1.165, 1.54) is 0 Å². The average molecular weight is 341 g/mol. The minimum atomic E-state index is -0.231. The van der Waals surface area contributed by atoms with E-state index in [0.29, 0.717) is 0 Å². The highest BCUT2D eigenvalue weighted by molar-refractivity contribution is 6.25. The van der Waals surface area contributed by atoms with Gasteiger partial charge in [-0.1, -0.05) is 66.7 Å². The molecule has 0 fully saturated rings. The van der Waals surface area contributed by atoms with Crippen LogP contribution in [0.2, 0.25) is 0 Å². The lowest BCUT2D eigenvalue weighted by molar-refractivity contribution is -0.116. The van der Waals surface area contributed by atoms with Crippen molar-refractivity contribution < 1.29 is 9.53 Å². The van der Waals surface area contributed by atoms with Crippen molar-refractivity contribution in [3.63, 3.8) is 0 Å². The molecule has 1 amide bonds. The largest absolute Gasteiger partial charge is 0.497 e. The third-order valence-corrected chi connectivity index (χ3v) is 4.55. The number of benzene rings is 3. The maximum Gasteiger partial charge on any atom is 0.236 e. The quantitative estimate of drug-likeness (QED) is 0.719. The molecule has 3 aromatic carbocycles. The molecular weight excluding hydrogens is 322 g/mol. The second-order valence-electron chi connectivity index (χ2n) is 6.21. The SMILES string of the molecule is COc1cccc(NC(=O)C2C(c3ccccc3)=C2c2ccccc2)c1. The highest BCUT2D eigenvalue weighted by atomic mass is 16.5. The molecule has 0 aliphatic heterocycles. The zero-order valence-electron chi connectivity index (χ0n) is 14.5. The van der Waals surface area contributed by atoms with Crippen LogP contribution in [0, 0.1) is 5.92 Å². The Morgan fingerprint density at radius 3 is 1.92 bits per heavy atom. The summed E-state index contributed by atoms with van der Waals surface area (Å²) in [7, 11) is 1.62. The molecule has 4 rings (SSSR count). The first-order valence-electron chi connectivity index (χ1n) is 8.58. The molecule has 0 atom stereocenters. The van der Waals surface area contributed by atoms with Crippen molar-refractivity contribution in [2.45, 2.75) is 0 Å². The monoisotopic (exact) mass is 341 g/mol. The first-order chi connectivity index (χ1) is 12.8. The normalized spacial score (nSPS) is 13.4. The van der Waals surface area contributed by atoms with Gasteiger partial charge in [-0.25, -0.2) is 0 Å². The van der Waals surface area contributed by atoms with Crippen molar-refractivity contribution >= 4 is 22.7 Å². The fourth-order valence-corrected chi connectivity index (χ4v) is 3.28. The van der Waals surface area contributed by atoms with E-state index in [1.54, 1.807) is 7.11 Å². The number of carbonyl (C=O) groups excluding carboxylic acids is 1. The standard InChI is InChI=1S/C23H19NO2/c1-26-19-14-8-13-18(15-19)24-23(25)22-20(16-9-4-2-5-10-16)21(22)17-11-6-3-7-12-17/h2-15,22H,1H3,(H,24,25). The smallest absolute Gasteiger partial charge is 0.236 e. The van der Waals surface area contributed by atoms with Crippen LogP contribution in [-0.2, 0) is 4.79 Å². The molecule has 0 spiro atoms. The van der Waals surface area contributed by atoms with E-state index < -0.39 is 0 Å². The van der Waals surface area contributed by atoms with Crippen LogP contribution in [0.5, 0.6) is 5.75 Å². The number of ether oxygens (including phenoxy) is 1. The summed E-state index contributed by atoms with van der Waals surface area (Å²) < 4.78 is 5.23. The van der Waals surface area contributed by atoms with Gasteiger partial charge in [0.05, 0.1) is 13.0 Å². The van der Waals surface area contributed by atoms with Crippen LogP contribution in [0.15, 0.2) is 84.9 Å². The number of rotatable bonds is 5. The number of nitrogens with one attached hydrogen (secondary N) is 1. The zero-order valence-corrected chi connectivity index (χ0v) is 14.5. The van der Waals surface area contributed by atoms with E-state index in [1.807, 2.05) is 60.7 Å². The Morgan fingerprint density at radius 1 is 0.808 bits per heavy atom. The molecular formula is C23H19NO2. The summed E-state index contributed by atoms with van der Waals surface area (Å²) in [6.45, 7) is 0. The maximum absolute atomic E-state index is 12.9. The van der Waals surface area contributed by atoms with E-state index in [4.69, 9.17) is 4.74 Å². The van der Waals surface area contributed by atoms with Crippen LogP contribution < -0.4 is 10.1 Å². The fourth-order valence-electron chi connectivity index (χ4n) is 3.28. The van der Waals surface area contributed by atoms with Crippen LogP contribution in [0.1, 0.15) is 11.1 Å². The number of carbonyl (C=O) groups is 1. The van der Waals surface area contributed by atoms with Crippen molar-refractivity contribution in [1.82, 2.24) is 0 Å². The second-order valence-corrected chi connectivity index (χ2v) is 6.21. The van der Waals surface area contributed by atoms with Gasteiger partial charge >= 0.3 is 0 Å². The lowest BCUT2D eigenvalue weighted by Crippen LogP contribution is -2.16. The molecule has 0 saturated heterocycles. The summed E-state index contributed by atoms with van der Waals surface area (Å²) in [6.07, 6.45) is 0. The number of anilines is 1. The Bertz CT molecular complexity index is 912. The summed E-state index contributed by atoms with van der Waals surface area (Å²) in [5.74, 6) is 0.472. The van der Waals surface area contributed by atoms with Crippen molar-refractivity contribution in [2.24, 2.45) is 5.92 Å². The molecule has 1 N–H and O–H groups in total. The third kappa shape index (κ3) is 3.11. The minimum absolute atomic E-state index is 0.0176. The van der Waals surface area contributed by atoms with Crippen molar-refractivity contribution in [3.8, 4) is 5.75 Å². The predicted octanol–water partition coefficient (Wildman–Crippen LogP) is 4.87. The first kappa shape index (κ1) is 16.2. The lowest BCUT2D eigenvalue weighted by Gasteiger charge is -2.08. The summed E-state index contributed by atoms with van der Waals surface area (Å²) in [5.41, 5.74) is 5.12. The van der Waals surface area contributed by atoms with E-state index in [9.17, 15) is 4.79 Å². The van der Waals surface area contributed by atoms with Crippen LogP contribution in [0.3, 0.4) is 0 Å². The average Bonchev–Trinajstić information content (AvgIpc) is 3.45. The minimum Gasteiger partial charge on any atom is -0.497 e. The number of methoxy groups -OCH3 is 1. The van der Waals surface area contributed by atoms with Crippen LogP contribution in [-0.4, -0.2) is 13.0 Å². The van der Waals surface area contributed by atoms with E-state index in [2.05, 4.69) is 29.6 Å². The molecule has 128 valence electrons. The van der Waals surface area contributed by atoms with E-state index >= 15 is 0 Å². The molecule has 3 aromatic rings. The molecule has 0 radical (unpaired) electrons. The highest BCUT2D eigenvalue weighted by Gasteiger charge is 2.43. The molecule has 0 bridgehead atoms. The van der Waals surface area contributed by atoms with Gasteiger partial charge in [-0.15, -0.1) is 0 Å². The summed E-state index contributed by atoms with van der Waals surface area (Å²) in [5, 5.41) is 3.02. The van der Waals surface area contributed by atoms with Gasteiger partial charge in [-0.3, -0.25) is 4.79 Å².